The SMILES string of the molecule is CC(C)(Cc1cccc(N2CC(=O)NCC2=O)c1)C(=O)O. The van der Waals surface area contributed by atoms with Crippen LogP contribution in [0, 0.1) is 5.41 Å². The molecule has 1 aromatic carbocycles. The van der Waals surface area contributed by atoms with Crippen molar-refractivity contribution in [1.29, 1.82) is 0 Å². The molecule has 0 spiro atoms. The predicted molar refractivity (Wildman–Crippen MR) is 76.9 cm³/mol. The molecular weight excluding hydrogens is 272 g/mol. The normalized spacial score (nSPS) is 15.8. The minimum absolute atomic E-state index is 0.00932. The van der Waals surface area contributed by atoms with E-state index in [1.54, 1.807) is 32.0 Å². The third-order valence-electron chi connectivity index (χ3n) is 3.49. The van der Waals surface area contributed by atoms with E-state index in [9.17, 15) is 19.5 Å². The van der Waals surface area contributed by atoms with E-state index in [-0.39, 0.29) is 24.9 Å². The lowest BCUT2D eigenvalue weighted by Crippen LogP contribution is -2.51. The summed E-state index contributed by atoms with van der Waals surface area (Å²) in [6.45, 7) is 3.29. The van der Waals surface area contributed by atoms with Gasteiger partial charge in [0.25, 0.3) is 0 Å². The van der Waals surface area contributed by atoms with E-state index in [1.807, 2.05) is 6.07 Å². The first kappa shape index (κ1) is 15.0. The highest BCUT2D eigenvalue weighted by Crippen LogP contribution is 2.25. The first-order chi connectivity index (χ1) is 9.79. The molecule has 1 aliphatic heterocycles. The minimum atomic E-state index is -0.887. The Kier molecular flexibility index (Phi) is 3.97. The Hall–Kier alpha value is -2.37. The number of carboxylic acids is 1. The highest BCUT2D eigenvalue weighted by Gasteiger charge is 2.28. The number of carbonyl (C=O) groups excluding carboxylic acids is 2. The molecule has 0 aromatic heterocycles. The second-order valence-electron chi connectivity index (χ2n) is 5.79. The third-order valence-corrected chi connectivity index (χ3v) is 3.49. The van der Waals surface area contributed by atoms with Gasteiger partial charge >= 0.3 is 5.97 Å². The molecule has 2 N–H and O–H groups in total. The van der Waals surface area contributed by atoms with Gasteiger partial charge in [-0.25, -0.2) is 0 Å². The largest absolute Gasteiger partial charge is 0.481 e. The molecule has 21 heavy (non-hydrogen) atoms. The number of piperazine rings is 1. The summed E-state index contributed by atoms with van der Waals surface area (Å²) in [7, 11) is 0. The fraction of sp³-hybridized carbons (Fsp3) is 0.400. The molecule has 0 radical (unpaired) electrons. The lowest BCUT2D eigenvalue weighted by Gasteiger charge is -2.27. The maximum absolute atomic E-state index is 11.9. The van der Waals surface area contributed by atoms with Gasteiger partial charge in [0.1, 0.15) is 6.54 Å². The van der Waals surface area contributed by atoms with Crippen molar-refractivity contribution in [3.05, 3.63) is 29.8 Å². The summed E-state index contributed by atoms with van der Waals surface area (Å²) in [5, 5.41) is 11.7. The van der Waals surface area contributed by atoms with Gasteiger partial charge in [0.05, 0.1) is 12.0 Å². The van der Waals surface area contributed by atoms with Crippen LogP contribution in [0.4, 0.5) is 5.69 Å². The van der Waals surface area contributed by atoms with Gasteiger partial charge in [-0.3, -0.25) is 14.4 Å². The van der Waals surface area contributed by atoms with E-state index in [1.165, 1.54) is 4.90 Å². The van der Waals surface area contributed by atoms with Crippen LogP contribution in [0.1, 0.15) is 19.4 Å². The van der Waals surface area contributed by atoms with E-state index in [0.29, 0.717) is 12.1 Å². The lowest BCUT2D eigenvalue weighted by molar-refractivity contribution is -0.146. The van der Waals surface area contributed by atoms with Crippen LogP contribution >= 0.6 is 0 Å². The minimum Gasteiger partial charge on any atom is -0.481 e. The van der Waals surface area contributed by atoms with Crippen molar-refractivity contribution in [3.8, 4) is 0 Å². The topological polar surface area (TPSA) is 86.7 Å². The van der Waals surface area contributed by atoms with Gasteiger partial charge in [-0.2, -0.15) is 0 Å². The van der Waals surface area contributed by atoms with Gasteiger partial charge in [0, 0.05) is 5.69 Å². The third kappa shape index (κ3) is 3.39. The van der Waals surface area contributed by atoms with Gasteiger partial charge in [-0.1, -0.05) is 12.1 Å². The summed E-state index contributed by atoms with van der Waals surface area (Å²) in [5.74, 6) is -1.25. The summed E-state index contributed by atoms with van der Waals surface area (Å²) in [4.78, 5) is 35.9. The molecule has 1 saturated heterocycles. The second kappa shape index (κ2) is 5.55. The smallest absolute Gasteiger partial charge is 0.309 e. The molecular formula is C15H18N2O4. The number of carbonyl (C=O) groups is 3. The molecule has 6 nitrogen and oxygen atoms in total. The van der Waals surface area contributed by atoms with Gasteiger partial charge in [0.15, 0.2) is 0 Å². The summed E-state index contributed by atoms with van der Waals surface area (Å²) in [5.41, 5.74) is 0.550. The Morgan fingerprint density at radius 3 is 2.76 bits per heavy atom. The molecule has 1 heterocycles. The number of benzene rings is 1. The van der Waals surface area contributed by atoms with Gasteiger partial charge in [-0.05, 0) is 38.0 Å². The summed E-state index contributed by atoms with van der Waals surface area (Å²) in [6, 6.07) is 7.10. The standard InChI is InChI=1S/C15H18N2O4/c1-15(2,14(20)21)7-10-4-3-5-11(6-10)17-9-12(18)16-8-13(17)19/h3-6H,7-9H2,1-2H3,(H,16,18)(H,20,21). The van der Waals surface area contributed by atoms with E-state index in [2.05, 4.69) is 5.32 Å². The van der Waals surface area contributed by atoms with Crippen molar-refractivity contribution < 1.29 is 19.5 Å². The fourth-order valence-electron chi connectivity index (χ4n) is 2.21. The van der Waals surface area contributed by atoms with Crippen LogP contribution < -0.4 is 10.2 Å². The molecule has 1 aromatic rings. The zero-order valence-electron chi connectivity index (χ0n) is 12.0. The summed E-state index contributed by atoms with van der Waals surface area (Å²) < 4.78 is 0. The number of nitrogens with zero attached hydrogens (tertiary/aromatic N) is 1. The highest BCUT2D eigenvalue weighted by molar-refractivity contribution is 6.04. The van der Waals surface area contributed by atoms with Crippen LogP contribution in [-0.2, 0) is 20.8 Å². The number of carboxylic acid groups (broad SMARTS) is 1. The molecule has 0 unspecified atom stereocenters. The number of amides is 2. The Morgan fingerprint density at radius 2 is 2.10 bits per heavy atom. The molecule has 1 aliphatic rings. The van der Waals surface area contributed by atoms with E-state index in [0.717, 1.165) is 5.56 Å². The summed E-state index contributed by atoms with van der Waals surface area (Å²) >= 11 is 0. The van der Waals surface area contributed by atoms with Crippen molar-refractivity contribution in [2.75, 3.05) is 18.0 Å². The van der Waals surface area contributed by atoms with Gasteiger partial charge in [-0.15, -0.1) is 0 Å². The van der Waals surface area contributed by atoms with Gasteiger partial charge < -0.3 is 15.3 Å². The average molecular weight is 290 g/mol. The predicted octanol–water partition coefficient (Wildman–Crippen LogP) is 0.803. The fourth-order valence-corrected chi connectivity index (χ4v) is 2.21. The first-order valence-electron chi connectivity index (χ1n) is 6.69. The van der Waals surface area contributed by atoms with E-state index >= 15 is 0 Å². The number of anilines is 1. The summed E-state index contributed by atoms with van der Waals surface area (Å²) in [6.07, 6.45) is 0.352. The number of hydrogen-bond donors (Lipinski definition) is 2. The van der Waals surface area contributed by atoms with Crippen LogP contribution in [0.3, 0.4) is 0 Å². The molecule has 2 amide bonds. The van der Waals surface area contributed by atoms with Crippen molar-refractivity contribution in [3.63, 3.8) is 0 Å². The quantitative estimate of drug-likeness (QED) is 0.859. The van der Waals surface area contributed by atoms with Gasteiger partial charge in [0.2, 0.25) is 11.8 Å². The number of rotatable bonds is 4. The highest BCUT2D eigenvalue weighted by atomic mass is 16.4. The number of nitrogens with one attached hydrogen (secondary N) is 1. The Morgan fingerprint density at radius 1 is 1.38 bits per heavy atom. The van der Waals surface area contributed by atoms with Crippen molar-refractivity contribution in [2.45, 2.75) is 20.3 Å². The maximum atomic E-state index is 11.9. The Balaban J connectivity index is 2.23. The maximum Gasteiger partial charge on any atom is 0.309 e. The van der Waals surface area contributed by atoms with E-state index < -0.39 is 11.4 Å². The first-order valence-corrected chi connectivity index (χ1v) is 6.69. The second-order valence-corrected chi connectivity index (χ2v) is 5.79. The lowest BCUT2D eigenvalue weighted by atomic mass is 9.86. The van der Waals surface area contributed by atoms with Crippen LogP contribution in [0.5, 0.6) is 0 Å². The average Bonchev–Trinajstić information content (AvgIpc) is 2.41. The molecule has 0 aliphatic carbocycles. The molecule has 0 atom stereocenters. The van der Waals surface area contributed by atoms with Crippen LogP contribution in [0.15, 0.2) is 24.3 Å². The molecule has 6 heteroatoms. The van der Waals surface area contributed by atoms with Crippen LogP contribution in [-0.4, -0.2) is 36.0 Å². The van der Waals surface area contributed by atoms with Crippen LogP contribution in [0.2, 0.25) is 0 Å². The zero-order valence-corrected chi connectivity index (χ0v) is 12.0. The number of hydrogen-bond acceptors (Lipinski definition) is 3. The molecule has 1 fully saturated rings. The molecule has 0 saturated carbocycles. The van der Waals surface area contributed by atoms with Crippen molar-refractivity contribution in [2.24, 2.45) is 5.41 Å². The van der Waals surface area contributed by atoms with E-state index in [4.69, 9.17) is 0 Å². The zero-order chi connectivity index (χ0) is 15.6. The Bertz CT molecular complexity index is 595. The Labute approximate surface area is 122 Å². The van der Waals surface area contributed by atoms with Crippen LogP contribution in [0.25, 0.3) is 0 Å². The monoisotopic (exact) mass is 290 g/mol. The number of aliphatic carboxylic acids is 1. The molecule has 112 valence electrons. The van der Waals surface area contributed by atoms with Crippen molar-refractivity contribution >= 4 is 23.5 Å². The molecule has 0 bridgehead atoms. The molecule has 2 rings (SSSR count). The van der Waals surface area contributed by atoms with Crippen molar-refractivity contribution in [1.82, 2.24) is 5.32 Å².